The first-order valence-corrected chi connectivity index (χ1v) is 14.3. The van der Waals surface area contributed by atoms with E-state index in [0.717, 1.165) is 27.3 Å². The number of carbonyl (C=O) groups excluding carboxylic acids is 1. The summed E-state index contributed by atoms with van der Waals surface area (Å²) in [4.78, 5) is 21.1. The van der Waals surface area contributed by atoms with Crippen LogP contribution in [0.2, 0.25) is 0 Å². The van der Waals surface area contributed by atoms with Crippen LogP contribution in [-0.4, -0.2) is 61.7 Å². The van der Waals surface area contributed by atoms with Gasteiger partial charge in [-0.15, -0.1) is 0 Å². The molecule has 1 aromatic heterocycles. The summed E-state index contributed by atoms with van der Waals surface area (Å²) in [5.41, 5.74) is 4.33. The van der Waals surface area contributed by atoms with Gasteiger partial charge in [-0.05, 0) is 43.8 Å². The normalized spacial score (nSPS) is 15.0. The Bertz CT molecular complexity index is 1490. The molecule has 0 bridgehead atoms. The number of anilines is 1. The Hall–Kier alpha value is -3.37. The fourth-order valence-electron chi connectivity index (χ4n) is 4.19. The Morgan fingerprint density at radius 3 is 2.16 bits per heavy atom. The highest BCUT2D eigenvalue weighted by Crippen LogP contribution is 2.39. The van der Waals surface area contributed by atoms with E-state index in [1.807, 2.05) is 68.6 Å². The molecule has 1 aliphatic rings. The van der Waals surface area contributed by atoms with Gasteiger partial charge in [0, 0.05) is 37.3 Å². The largest absolute Gasteiger partial charge is 0.304 e. The van der Waals surface area contributed by atoms with Crippen LogP contribution in [0.5, 0.6) is 0 Å². The average molecular weight is 533 g/mol. The summed E-state index contributed by atoms with van der Waals surface area (Å²) in [6.45, 7) is 4.35. The number of likely N-dealkylation sites (N-methyl/N-ethyl adjacent to an activating group) is 1. The van der Waals surface area contributed by atoms with Crippen LogP contribution in [0.15, 0.2) is 83.8 Å². The van der Waals surface area contributed by atoms with Gasteiger partial charge in [0.1, 0.15) is 0 Å². The highest BCUT2D eigenvalue weighted by atomic mass is 32.2. The minimum Gasteiger partial charge on any atom is -0.304 e. The van der Waals surface area contributed by atoms with Gasteiger partial charge in [0.15, 0.2) is 5.13 Å². The van der Waals surface area contributed by atoms with Gasteiger partial charge >= 0.3 is 0 Å². The first-order chi connectivity index (χ1) is 17.8. The molecule has 5 rings (SSSR count). The van der Waals surface area contributed by atoms with Crippen molar-refractivity contribution in [2.24, 2.45) is 0 Å². The number of amides is 1. The monoisotopic (exact) mass is 532 g/mol. The van der Waals surface area contributed by atoms with Crippen molar-refractivity contribution in [3.05, 3.63) is 90.0 Å². The number of nitrogens with zero attached hydrogens (tertiary/aromatic N) is 3. The molecule has 0 atom stereocenters. The number of aromatic nitrogens is 1. The van der Waals surface area contributed by atoms with Gasteiger partial charge in [0.25, 0.3) is 5.91 Å². The smallest absolute Gasteiger partial charge is 0.257 e. The van der Waals surface area contributed by atoms with Crippen LogP contribution in [0.1, 0.15) is 15.9 Å². The van der Waals surface area contributed by atoms with E-state index in [1.165, 1.54) is 27.8 Å². The van der Waals surface area contributed by atoms with Crippen molar-refractivity contribution < 1.29 is 13.2 Å². The summed E-state index contributed by atoms with van der Waals surface area (Å²) >= 11 is 1.41. The van der Waals surface area contributed by atoms with Gasteiger partial charge in [-0.25, -0.2) is 13.4 Å². The number of aryl methyl sites for hydroxylation is 1. The van der Waals surface area contributed by atoms with Crippen LogP contribution < -0.4 is 5.32 Å². The molecule has 2 heterocycles. The molecule has 1 aliphatic heterocycles. The van der Waals surface area contributed by atoms with E-state index >= 15 is 0 Å². The predicted molar refractivity (Wildman–Crippen MR) is 148 cm³/mol. The zero-order chi connectivity index (χ0) is 26.0. The number of rotatable bonds is 6. The molecule has 1 saturated heterocycles. The highest BCUT2D eigenvalue weighted by Gasteiger charge is 2.27. The molecule has 9 heteroatoms. The average Bonchev–Trinajstić information content (AvgIpc) is 3.33. The summed E-state index contributed by atoms with van der Waals surface area (Å²) in [5.74, 6) is -0.340. The van der Waals surface area contributed by atoms with E-state index in [4.69, 9.17) is 4.98 Å². The van der Waals surface area contributed by atoms with Crippen molar-refractivity contribution in [2.45, 2.75) is 11.8 Å². The maximum absolute atomic E-state index is 13.0. The van der Waals surface area contributed by atoms with Crippen molar-refractivity contribution >= 4 is 32.4 Å². The molecule has 0 radical (unpaired) electrons. The van der Waals surface area contributed by atoms with Gasteiger partial charge in [-0.2, -0.15) is 4.31 Å². The maximum Gasteiger partial charge on any atom is 0.257 e. The molecule has 0 saturated carbocycles. The standard InChI is InChI=1S/C28H28N4O3S2/c1-20-8-10-21(11-9-20)25-26(22-6-4-3-5-7-22)36-28(29-25)30-27(33)23-12-14-24(15-13-23)37(34,35)32-18-16-31(2)17-19-32/h3-15H,16-19H2,1-2H3,(H,29,30,33). The quantitative estimate of drug-likeness (QED) is 0.379. The molecule has 0 unspecified atom stereocenters. The lowest BCUT2D eigenvalue weighted by molar-refractivity contribution is 0.102. The summed E-state index contributed by atoms with van der Waals surface area (Å²) in [6.07, 6.45) is 0. The van der Waals surface area contributed by atoms with E-state index in [0.29, 0.717) is 36.9 Å². The van der Waals surface area contributed by atoms with Crippen molar-refractivity contribution in [1.82, 2.24) is 14.2 Å². The van der Waals surface area contributed by atoms with Crippen LogP contribution in [0.4, 0.5) is 5.13 Å². The summed E-state index contributed by atoms with van der Waals surface area (Å²) < 4.78 is 27.5. The summed E-state index contributed by atoms with van der Waals surface area (Å²) in [5, 5.41) is 3.38. The Kier molecular flexibility index (Phi) is 7.21. The number of hydrogen-bond acceptors (Lipinski definition) is 6. The number of carbonyl (C=O) groups is 1. The summed E-state index contributed by atoms with van der Waals surface area (Å²) in [7, 11) is -1.61. The molecular formula is C28H28N4O3S2. The van der Waals surface area contributed by atoms with Crippen LogP contribution in [-0.2, 0) is 10.0 Å². The third-order valence-corrected chi connectivity index (χ3v) is 9.36. The Labute approximate surface area is 221 Å². The van der Waals surface area contributed by atoms with Crippen molar-refractivity contribution in [3.63, 3.8) is 0 Å². The summed E-state index contributed by atoms with van der Waals surface area (Å²) in [6, 6.07) is 24.2. The molecule has 1 amide bonds. The first kappa shape index (κ1) is 25.3. The van der Waals surface area contributed by atoms with Crippen LogP contribution in [0, 0.1) is 6.92 Å². The molecule has 0 aliphatic carbocycles. The lowest BCUT2D eigenvalue weighted by atomic mass is 10.1. The zero-order valence-corrected chi connectivity index (χ0v) is 22.3. The fraction of sp³-hybridized carbons (Fsp3) is 0.214. The van der Waals surface area contributed by atoms with E-state index in [9.17, 15) is 13.2 Å². The maximum atomic E-state index is 13.0. The molecular weight excluding hydrogens is 504 g/mol. The van der Waals surface area contributed by atoms with Gasteiger partial charge < -0.3 is 4.90 Å². The minimum atomic E-state index is -3.59. The SMILES string of the molecule is Cc1ccc(-c2nc(NC(=O)c3ccc(S(=O)(=O)N4CCN(C)CC4)cc3)sc2-c2ccccc2)cc1. The molecule has 1 N–H and O–H groups in total. The highest BCUT2D eigenvalue weighted by molar-refractivity contribution is 7.89. The molecule has 190 valence electrons. The first-order valence-electron chi connectivity index (χ1n) is 12.0. The van der Waals surface area contributed by atoms with Crippen molar-refractivity contribution in [3.8, 4) is 21.7 Å². The number of thiazole rings is 1. The molecule has 3 aromatic carbocycles. The number of hydrogen-bond donors (Lipinski definition) is 1. The second-order valence-corrected chi connectivity index (χ2v) is 12.1. The van der Waals surface area contributed by atoms with Gasteiger partial charge in [-0.3, -0.25) is 10.1 Å². The van der Waals surface area contributed by atoms with Crippen LogP contribution >= 0.6 is 11.3 Å². The number of sulfonamides is 1. The van der Waals surface area contributed by atoms with Gasteiger partial charge in [-0.1, -0.05) is 71.5 Å². The Morgan fingerprint density at radius 2 is 1.51 bits per heavy atom. The third-order valence-electron chi connectivity index (χ3n) is 6.43. The second kappa shape index (κ2) is 10.5. The number of piperazine rings is 1. The lowest BCUT2D eigenvalue weighted by Crippen LogP contribution is -2.47. The van der Waals surface area contributed by atoms with Crippen molar-refractivity contribution in [2.75, 3.05) is 38.5 Å². The molecule has 1 fully saturated rings. The van der Waals surface area contributed by atoms with E-state index in [1.54, 1.807) is 12.1 Å². The molecule has 0 spiro atoms. The van der Waals surface area contributed by atoms with Crippen LogP contribution in [0.25, 0.3) is 21.7 Å². The Balaban J connectivity index is 1.37. The van der Waals surface area contributed by atoms with Crippen molar-refractivity contribution in [1.29, 1.82) is 0 Å². The number of nitrogens with one attached hydrogen (secondary N) is 1. The van der Waals surface area contributed by atoms with Crippen LogP contribution in [0.3, 0.4) is 0 Å². The predicted octanol–water partition coefficient (Wildman–Crippen LogP) is 4.97. The molecule has 7 nitrogen and oxygen atoms in total. The molecule has 4 aromatic rings. The second-order valence-electron chi connectivity index (χ2n) is 9.11. The molecule has 37 heavy (non-hydrogen) atoms. The zero-order valence-electron chi connectivity index (χ0n) is 20.7. The third kappa shape index (κ3) is 5.50. The van der Waals surface area contributed by atoms with Gasteiger partial charge in [0.2, 0.25) is 10.0 Å². The van der Waals surface area contributed by atoms with E-state index in [2.05, 4.69) is 10.2 Å². The lowest BCUT2D eigenvalue weighted by Gasteiger charge is -2.31. The topological polar surface area (TPSA) is 82.6 Å². The number of benzene rings is 3. The van der Waals surface area contributed by atoms with Gasteiger partial charge in [0.05, 0.1) is 15.5 Å². The minimum absolute atomic E-state index is 0.191. The Morgan fingerprint density at radius 1 is 0.865 bits per heavy atom. The fourth-order valence-corrected chi connectivity index (χ4v) is 6.60. The van der Waals surface area contributed by atoms with E-state index < -0.39 is 10.0 Å². The van der Waals surface area contributed by atoms with E-state index in [-0.39, 0.29) is 10.8 Å².